The van der Waals surface area contributed by atoms with Crippen LogP contribution in [0.25, 0.3) is 11.0 Å². The average Bonchev–Trinajstić information content (AvgIpc) is 3.48. The predicted octanol–water partition coefficient (Wildman–Crippen LogP) is 1.49. The van der Waals surface area contributed by atoms with Crippen molar-refractivity contribution in [1.29, 1.82) is 0 Å². The van der Waals surface area contributed by atoms with E-state index in [2.05, 4.69) is 20.4 Å². The molecule has 4 rings (SSSR count). The molecule has 1 aliphatic carbocycles. The molecule has 3 aromatic rings. The van der Waals surface area contributed by atoms with Crippen molar-refractivity contribution < 1.29 is 4.79 Å². The molecule has 25 heavy (non-hydrogen) atoms. The Morgan fingerprint density at radius 2 is 1.92 bits per heavy atom. The summed E-state index contributed by atoms with van der Waals surface area (Å²) in [5, 5.41) is 7.20. The minimum atomic E-state index is -0.209. The molecule has 0 atom stereocenters. The first-order valence-electron chi connectivity index (χ1n) is 8.28. The fraction of sp³-hybridized carbons (Fsp3) is 0.278. The predicted molar refractivity (Wildman–Crippen MR) is 92.3 cm³/mol. The van der Waals surface area contributed by atoms with Crippen molar-refractivity contribution >= 4 is 16.9 Å². The summed E-state index contributed by atoms with van der Waals surface area (Å²) >= 11 is 0. The Labute approximate surface area is 143 Å². The zero-order valence-corrected chi connectivity index (χ0v) is 13.6. The summed E-state index contributed by atoms with van der Waals surface area (Å²) in [6, 6.07) is 8.53. The number of nitrogens with one attached hydrogen (secondary N) is 1. The number of aromatic nitrogens is 4. The van der Waals surface area contributed by atoms with Crippen LogP contribution in [0.4, 0.5) is 0 Å². The number of hydrogen-bond donors (Lipinski definition) is 1. The molecular weight excluding hydrogens is 318 g/mol. The van der Waals surface area contributed by atoms with Crippen molar-refractivity contribution in [2.24, 2.45) is 0 Å². The molecule has 1 fully saturated rings. The van der Waals surface area contributed by atoms with Gasteiger partial charge in [0.1, 0.15) is 0 Å². The molecular formula is C18H17N5O2. The van der Waals surface area contributed by atoms with Crippen molar-refractivity contribution in [3.8, 4) is 0 Å². The number of carbonyl (C=O) groups excluding carboxylic acids is 1. The first-order chi connectivity index (χ1) is 12.2. The van der Waals surface area contributed by atoms with E-state index in [9.17, 15) is 9.59 Å². The van der Waals surface area contributed by atoms with Gasteiger partial charge in [-0.25, -0.2) is 4.68 Å². The molecule has 0 spiro atoms. The number of benzene rings is 1. The van der Waals surface area contributed by atoms with Crippen LogP contribution in [0, 0.1) is 0 Å². The zero-order valence-electron chi connectivity index (χ0n) is 13.6. The summed E-state index contributed by atoms with van der Waals surface area (Å²) in [5.74, 6) is 0.277. The number of rotatable bonds is 5. The number of fused-ring (bicyclic) bond motifs is 1. The van der Waals surface area contributed by atoms with Gasteiger partial charge in [-0.1, -0.05) is 0 Å². The molecule has 0 bridgehead atoms. The zero-order chi connectivity index (χ0) is 17.2. The summed E-state index contributed by atoms with van der Waals surface area (Å²) < 4.78 is 1.42. The Kier molecular flexibility index (Phi) is 3.97. The summed E-state index contributed by atoms with van der Waals surface area (Å²) in [6.07, 6.45) is 5.47. The minimum Gasteiger partial charge on any atom is -0.350 e. The maximum absolute atomic E-state index is 12.3. The van der Waals surface area contributed by atoms with Gasteiger partial charge in [0.25, 0.3) is 11.5 Å². The lowest BCUT2D eigenvalue weighted by Crippen LogP contribution is -2.32. The molecule has 0 radical (unpaired) electrons. The first-order valence-corrected chi connectivity index (χ1v) is 8.28. The van der Waals surface area contributed by atoms with Crippen LogP contribution in [0.5, 0.6) is 0 Å². The van der Waals surface area contributed by atoms with Gasteiger partial charge in [0.2, 0.25) is 0 Å². The molecule has 2 heterocycles. The van der Waals surface area contributed by atoms with E-state index in [-0.39, 0.29) is 11.5 Å². The molecule has 0 unspecified atom stereocenters. The second-order valence-electron chi connectivity index (χ2n) is 6.11. The number of carbonyl (C=O) groups is 1. The van der Waals surface area contributed by atoms with E-state index in [1.165, 1.54) is 4.68 Å². The van der Waals surface area contributed by atoms with Gasteiger partial charge in [-0.05, 0) is 37.1 Å². The molecule has 0 aliphatic heterocycles. The number of amides is 1. The maximum atomic E-state index is 12.3. The van der Waals surface area contributed by atoms with Crippen LogP contribution in [0.3, 0.4) is 0 Å². The van der Waals surface area contributed by atoms with Crippen LogP contribution in [0.15, 0.2) is 47.5 Å². The van der Waals surface area contributed by atoms with E-state index in [0.29, 0.717) is 30.1 Å². The fourth-order valence-corrected chi connectivity index (χ4v) is 2.70. The van der Waals surface area contributed by atoms with Gasteiger partial charge >= 0.3 is 0 Å². The number of hydrogen-bond acceptors (Lipinski definition) is 5. The third-order valence-electron chi connectivity index (χ3n) is 4.22. The highest BCUT2D eigenvalue weighted by molar-refractivity contribution is 5.97. The molecule has 2 aromatic heterocycles. The van der Waals surface area contributed by atoms with Crippen molar-refractivity contribution in [2.75, 3.05) is 6.54 Å². The molecule has 1 aromatic carbocycles. The molecule has 7 heteroatoms. The molecule has 1 N–H and O–H groups in total. The van der Waals surface area contributed by atoms with Gasteiger partial charge in [-0.2, -0.15) is 5.10 Å². The molecule has 126 valence electrons. The third-order valence-corrected chi connectivity index (χ3v) is 4.22. The standard InChI is InChI=1S/C18H17N5O2/c24-17-6-5-14(12-1-2-12)22-23(17)10-9-21-18(25)13-3-4-15-16(11-13)20-8-7-19-15/h3-8,11-12H,1-2,9-10H2,(H,21,25). The van der Waals surface area contributed by atoms with Crippen molar-refractivity contribution in [3.05, 3.63) is 64.3 Å². The van der Waals surface area contributed by atoms with Crippen LogP contribution in [0.1, 0.15) is 34.8 Å². The lowest BCUT2D eigenvalue weighted by Gasteiger charge is -2.08. The second kappa shape index (κ2) is 6.43. The van der Waals surface area contributed by atoms with Gasteiger partial charge in [0.05, 0.1) is 23.3 Å². The summed E-state index contributed by atoms with van der Waals surface area (Å²) in [4.78, 5) is 32.5. The van der Waals surface area contributed by atoms with E-state index in [0.717, 1.165) is 24.1 Å². The smallest absolute Gasteiger partial charge is 0.266 e. The Hall–Kier alpha value is -3.09. The summed E-state index contributed by atoms with van der Waals surface area (Å²) in [5.41, 5.74) is 2.73. The average molecular weight is 335 g/mol. The van der Waals surface area contributed by atoms with E-state index in [4.69, 9.17) is 0 Å². The van der Waals surface area contributed by atoms with Crippen LogP contribution >= 0.6 is 0 Å². The van der Waals surface area contributed by atoms with Gasteiger partial charge in [-0.15, -0.1) is 0 Å². The highest BCUT2D eigenvalue weighted by Gasteiger charge is 2.25. The largest absolute Gasteiger partial charge is 0.350 e. The Morgan fingerprint density at radius 1 is 1.12 bits per heavy atom. The third kappa shape index (κ3) is 3.40. The highest BCUT2D eigenvalue weighted by atomic mass is 16.1. The molecule has 1 amide bonds. The SMILES string of the molecule is O=C(NCCn1nc(C2CC2)ccc1=O)c1ccc2nccnc2c1. The van der Waals surface area contributed by atoms with Crippen molar-refractivity contribution in [3.63, 3.8) is 0 Å². The molecule has 0 saturated heterocycles. The Morgan fingerprint density at radius 3 is 2.72 bits per heavy atom. The van der Waals surface area contributed by atoms with Crippen LogP contribution < -0.4 is 10.9 Å². The topological polar surface area (TPSA) is 89.8 Å². The van der Waals surface area contributed by atoms with E-state index in [1.54, 1.807) is 42.7 Å². The Bertz CT molecular complexity index is 994. The van der Waals surface area contributed by atoms with E-state index >= 15 is 0 Å². The maximum Gasteiger partial charge on any atom is 0.266 e. The normalized spacial score (nSPS) is 13.8. The minimum absolute atomic E-state index is 0.153. The summed E-state index contributed by atoms with van der Waals surface area (Å²) in [6.45, 7) is 0.677. The summed E-state index contributed by atoms with van der Waals surface area (Å²) in [7, 11) is 0. The quantitative estimate of drug-likeness (QED) is 0.763. The van der Waals surface area contributed by atoms with Crippen LogP contribution in [-0.4, -0.2) is 32.2 Å². The van der Waals surface area contributed by atoms with Crippen LogP contribution in [0.2, 0.25) is 0 Å². The van der Waals surface area contributed by atoms with E-state index in [1.807, 2.05) is 0 Å². The Balaban J connectivity index is 1.41. The first kappa shape index (κ1) is 15.4. The second-order valence-corrected chi connectivity index (χ2v) is 6.11. The van der Waals surface area contributed by atoms with E-state index < -0.39 is 0 Å². The molecule has 1 saturated carbocycles. The van der Waals surface area contributed by atoms with Crippen molar-refractivity contribution in [2.45, 2.75) is 25.3 Å². The molecule has 7 nitrogen and oxygen atoms in total. The fourth-order valence-electron chi connectivity index (χ4n) is 2.70. The lowest BCUT2D eigenvalue weighted by molar-refractivity contribution is 0.0952. The lowest BCUT2D eigenvalue weighted by atomic mass is 10.2. The molecule has 1 aliphatic rings. The highest BCUT2D eigenvalue weighted by Crippen LogP contribution is 2.38. The number of nitrogens with zero attached hydrogens (tertiary/aromatic N) is 4. The van der Waals surface area contributed by atoms with Gasteiger partial charge in [0, 0.05) is 36.5 Å². The monoisotopic (exact) mass is 335 g/mol. The van der Waals surface area contributed by atoms with Gasteiger partial charge in [0.15, 0.2) is 0 Å². The van der Waals surface area contributed by atoms with Crippen LogP contribution in [-0.2, 0) is 6.54 Å². The van der Waals surface area contributed by atoms with Gasteiger partial charge in [-0.3, -0.25) is 19.6 Å². The van der Waals surface area contributed by atoms with Gasteiger partial charge < -0.3 is 5.32 Å². The van der Waals surface area contributed by atoms with Crippen molar-refractivity contribution in [1.82, 2.24) is 25.1 Å².